The normalized spacial score (nSPS) is 11.8. The molecule has 12 nitrogen and oxygen atoms in total. The summed E-state index contributed by atoms with van der Waals surface area (Å²) in [7, 11) is 1.64. The van der Waals surface area contributed by atoms with Crippen LogP contribution in [0.1, 0.15) is 34.8 Å². The van der Waals surface area contributed by atoms with Crippen molar-refractivity contribution in [3.05, 3.63) is 76.9 Å². The van der Waals surface area contributed by atoms with E-state index < -0.39 is 0 Å². The molecule has 0 radical (unpaired) electrons. The molecule has 4 aromatic rings. The van der Waals surface area contributed by atoms with Crippen molar-refractivity contribution in [3.63, 3.8) is 0 Å². The minimum Gasteiger partial charge on any atom is -0.362 e. The van der Waals surface area contributed by atoms with Crippen LogP contribution in [0, 0.1) is 0 Å². The molecule has 0 saturated heterocycles. The molecule has 41 heavy (non-hydrogen) atoms. The average molecular weight is 591 g/mol. The van der Waals surface area contributed by atoms with Gasteiger partial charge in [0.25, 0.3) is 0 Å². The predicted molar refractivity (Wildman–Crippen MR) is 163 cm³/mol. The Morgan fingerprint density at radius 3 is 2.34 bits per heavy atom. The zero-order valence-corrected chi connectivity index (χ0v) is 24.1. The van der Waals surface area contributed by atoms with Crippen molar-refractivity contribution >= 4 is 61.9 Å². The van der Waals surface area contributed by atoms with Crippen LogP contribution < -0.4 is 16.0 Å². The molecule has 4 rings (SSSR count). The second-order valence-electron chi connectivity index (χ2n) is 8.77. The van der Waals surface area contributed by atoms with Gasteiger partial charge in [-0.05, 0) is 36.7 Å². The Morgan fingerprint density at radius 2 is 1.71 bits per heavy atom. The second kappa shape index (κ2) is 14.7. The molecule has 0 unspecified atom stereocenters. The fourth-order valence-electron chi connectivity index (χ4n) is 3.96. The molecule has 0 saturated carbocycles. The van der Waals surface area contributed by atoms with Gasteiger partial charge in [0.2, 0.25) is 22.1 Å². The number of fused-ring (bicyclic) bond motifs is 1. The molecule has 2 amide bonds. The summed E-state index contributed by atoms with van der Waals surface area (Å²) in [5, 5.41) is 28.7. The number of unbranched alkanes of at least 4 members (excludes halogenated alkanes) is 1. The summed E-state index contributed by atoms with van der Waals surface area (Å²) in [5.41, 5.74) is 3.16. The molecule has 212 valence electrons. The van der Waals surface area contributed by atoms with E-state index in [4.69, 9.17) is 0 Å². The Bertz CT molecular complexity index is 1580. The first-order valence-corrected chi connectivity index (χ1v) is 14.4. The van der Waals surface area contributed by atoms with Crippen LogP contribution in [0.3, 0.4) is 0 Å². The maximum atomic E-state index is 12.6. The number of aromatic amines is 1. The molecule has 0 aliphatic heterocycles. The van der Waals surface area contributed by atoms with Gasteiger partial charge in [0.1, 0.15) is 10.0 Å². The first kappa shape index (κ1) is 29.4. The van der Waals surface area contributed by atoms with Crippen LogP contribution in [-0.2, 0) is 28.9 Å². The summed E-state index contributed by atoms with van der Waals surface area (Å²) in [6.07, 6.45) is 13.5. The highest BCUT2D eigenvalue weighted by atomic mass is 32.1. The molecular weight excluding hydrogens is 560 g/mol. The van der Waals surface area contributed by atoms with E-state index in [0.29, 0.717) is 21.5 Å². The number of hydrogen-bond acceptors (Lipinski definition) is 11. The van der Waals surface area contributed by atoms with Gasteiger partial charge in [0.05, 0.1) is 12.8 Å². The number of aliphatic imine (C=N–C) groups is 1. The van der Waals surface area contributed by atoms with Crippen molar-refractivity contribution in [1.29, 1.82) is 0 Å². The van der Waals surface area contributed by atoms with Crippen molar-refractivity contribution in [1.82, 2.24) is 35.7 Å². The van der Waals surface area contributed by atoms with Crippen molar-refractivity contribution in [2.75, 3.05) is 17.7 Å². The number of nitrogens with zero attached hydrogens (tertiary/aromatic N) is 6. The Morgan fingerprint density at radius 1 is 1.02 bits per heavy atom. The zero-order valence-electron chi connectivity index (χ0n) is 22.5. The number of anilines is 2. The molecule has 0 fully saturated rings. The molecule has 0 atom stereocenters. The molecule has 14 heteroatoms. The second-order valence-corrected chi connectivity index (χ2v) is 10.9. The van der Waals surface area contributed by atoms with E-state index in [9.17, 15) is 9.59 Å². The number of aromatic nitrogens is 6. The number of amides is 2. The predicted octanol–water partition coefficient (Wildman–Crippen LogP) is 4.21. The van der Waals surface area contributed by atoms with Crippen molar-refractivity contribution in [3.8, 4) is 0 Å². The number of pyridine rings is 1. The van der Waals surface area contributed by atoms with E-state index in [1.54, 1.807) is 31.7 Å². The molecule has 0 spiro atoms. The Hall–Kier alpha value is -4.56. The van der Waals surface area contributed by atoms with Gasteiger partial charge in [-0.1, -0.05) is 35.8 Å². The molecule has 0 aliphatic rings. The number of nitrogens with one attached hydrogen (secondary N) is 4. The lowest BCUT2D eigenvalue weighted by Gasteiger charge is -2.08. The summed E-state index contributed by atoms with van der Waals surface area (Å²) in [6.45, 7) is 7.40. The van der Waals surface area contributed by atoms with Gasteiger partial charge < -0.3 is 20.9 Å². The minimum atomic E-state index is -0.231. The topological polar surface area (TPSA) is 163 Å². The number of aryl methyl sites for hydroxylation is 2. The molecule has 4 aromatic heterocycles. The van der Waals surface area contributed by atoms with Gasteiger partial charge in [-0.2, -0.15) is 0 Å². The number of hydrogen-bond donors (Lipinski definition) is 4. The number of H-pyrrole nitrogens is 1. The van der Waals surface area contributed by atoms with Gasteiger partial charge in [-0.3, -0.25) is 19.6 Å². The third kappa shape index (κ3) is 8.46. The fourth-order valence-corrected chi connectivity index (χ4v) is 5.56. The lowest BCUT2D eigenvalue weighted by atomic mass is 10.1. The van der Waals surface area contributed by atoms with Gasteiger partial charge in [0.15, 0.2) is 0 Å². The minimum absolute atomic E-state index is 0.0965. The van der Waals surface area contributed by atoms with Crippen LogP contribution in [0.4, 0.5) is 10.3 Å². The average Bonchev–Trinajstić information content (AvgIpc) is 3.70. The summed E-state index contributed by atoms with van der Waals surface area (Å²) in [4.78, 5) is 36.3. The fraction of sp³-hybridized carbons (Fsp3) is 0.259. The Kier molecular flexibility index (Phi) is 10.6. The first-order valence-electron chi connectivity index (χ1n) is 12.8. The van der Waals surface area contributed by atoms with Crippen LogP contribution >= 0.6 is 22.7 Å². The number of allylic oxidation sites excluding steroid dienone is 1. The third-order valence-electron chi connectivity index (χ3n) is 5.82. The van der Waals surface area contributed by atoms with E-state index >= 15 is 0 Å². The summed E-state index contributed by atoms with van der Waals surface area (Å²) in [6, 6.07) is 1.87. The number of carbonyl (C=O) groups is 2. The smallest absolute Gasteiger partial charge is 0.230 e. The molecule has 0 aromatic carbocycles. The van der Waals surface area contributed by atoms with Crippen LogP contribution in [0.2, 0.25) is 0 Å². The lowest BCUT2D eigenvalue weighted by molar-refractivity contribution is -0.116. The van der Waals surface area contributed by atoms with Crippen LogP contribution in [0.15, 0.2) is 66.4 Å². The van der Waals surface area contributed by atoms with E-state index in [-0.39, 0.29) is 24.7 Å². The van der Waals surface area contributed by atoms with Crippen molar-refractivity contribution < 1.29 is 9.59 Å². The van der Waals surface area contributed by atoms with Crippen LogP contribution in [0.25, 0.3) is 10.9 Å². The zero-order chi connectivity index (χ0) is 29.0. The molecule has 0 bridgehead atoms. The Labute approximate surface area is 244 Å². The summed E-state index contributed by atoms with van der Waals surface area (Å²) < 4.78 is 0. The molecule has 4 heterocycles. The highest BCUT2D eigenvalue weighted by Crippen LogP contribution is 2.22. The number of carbonyl (C=O) groups excluding carboxylic acids is 2. The van der Waals surface area contributed by atoms with Crippen LogP contribution in [0.5, 0.6) is 0 Å². The molecule has 0 aliphatic carbocycles. The molecule has 4 N–H and O–H groups in total. The van der Waals surface area contributed by atoms with Crippen LogP contribution in [-0.4, -0.2) is 55.4 Å². The molecular formula is C27H30N10O2S2. The van der Waals surface area contributed by atoms with Gasteiger partial charge in [-0.15, -0.1) is 20.4 Å². The SMILES string of the molecule is C=CN/C(C=C)=C(/C=NC)CC(=O)Nc1nnc(CCCCc2nnc(NC(=O)Cc3c[nH]c4ccncc34)s2)s1. The summed E-state index contributed by atoms with van der Waals surface area (Å²) >= 11 is 2.72. The van der Waals surface area contributed by atoms with Crippen molar-refractivity contribution in [2.45, 2.75) is 38.5 Å². The maximum Gasteiger partial charge on any atom is 0.230 e. The van der Waals surface area contributed by atoms with E-state index in [2.05, 4.69) is 64.5 Å². The van der Waals surface area contributed by atoms with E-state index in [1.807, 2.05) is 12.3 Å². The maximum absolute atomic E-state index is 12.6. The third-order valence-corrected chi connectivity index (χ3v) is 7.62. The first-order chi connectivity index (χ1) is 20.0. The Balaban J connectivity index is 1.19. The summed E-state index contributed by atoms with van der Waals surface area (Å²) in [5.74, 6) is -0.387. The van der Waals surface area contributed by atoms with E-state index in [1.165, 1.54) is 28.9 Å². The van der Waals surface area contributed by atoms with Gasteiger partial charge in [0, 0.05) is 66.9 Å². The number of rotatable bonds is 15. The van der Waals surface area contributed by atoms with Gasteiger partial charge >= 0.3 is 0 Å². The van der Waals surface area contributed by atoms with E-state index in [0.717, 1.165) is 52.2 Å². The van der Waals surface area contributed by atoms with Crippen molar-refractivity contribution in [2.24, 2.45) is 4.99 Å². The highest BCUT2D eigenvalue weighted by Gasteiger charge is 2.14. The quantitative estimate of drug-likeness (QED) is 0.0909. The lowest BCUT2D eigenvalue weighted by Crippen LogP contribution is -2.16. The van der Waals surface area contributed by atoms with Gasteiger partial charge in [-0.25, -0.2) is 0 Å². The standard InChI is InChI=1S/C27H30N10O2S2/c1-4-20(30-5-2)18(14-28-3)13-23(39)33-27-37-35-25(41-27)9-7-6-8-24-34-36-26(40-24)32-22(38)12-17-15-31-21-10-11-29-16-19(17)21/h4-5,10-11,14-16,30-31H,1-2,6-9,12-13H2,3H3,(H,32,36,38)(H,33,37,39)/b20-18+,28-14?. The largest absolute Gasteiger partial charge is 0.362 e. The highest BCUT2D eigenvalue weighted by molar-refractivity contribution is 7.15. The monoisotopic (exact) mass is 590 g/mol.